The van der Waals surface area contributed by atoms with Crippen molar-refractivity contribution in [1.82, 2.24) is 0 Å². The van der Waals surface area contributed by atoms with E-state index in [-0.39, 0.29) is 30.6 Å². The number of cyclic esters (lactones) is 1. The van der Waals surface area contributed by atoms with E-state index in [0.717, 1.165) is 0 Å². The molecule has 4 nitrogen and oxygen atoms in total. The van der Waals surface area contributed by atoms with Crippen LogP contribution in [0, 0.1) is 17.3 Å². The van der Waals surface area contributed by atoms with Gasteiger partial charge in [0.25, 0.3) is 0 Å². The summed E-state index contributed by atoms with van der Waals surface area (Å²) in [6, 6.07) is 0. The summed E-state index contributed by atoms with van der Waals surface area (Å²) in [5.74, 6) is -0.641. The molecule has 4 unspecified atom stereocenters. The number of rotatable bonds is 0. The standard InChI is InChI=1S/C20H33FO4/c1-13-8-9-16(21)14(2)7-6-10-25-18(23)12-17(22)20(4,5)19(24)15(3)11-13/h7,13,15-17,22H,6,8-12H2,1-5H3/b14-7-. The van der Waals surface area contributed by atoms with Crippen molar-refractivity contribution in [3.63, 3.8) is 0 Å². The zero-order valence-electron chi connectivity index (χ0n) is 16.2. The first kappa shape index (κ1) is 21.8. The fourth-order valence-corrected chi connectivity index (χ4v) is 3.35. The van der Waals surface area contributed by atoms with Gasteiger partial charge in [-0.3, -0.25) is 9.59 Å². The van der Waals surface area contributed by atoms with E-state index in [4.69, 9.17) is 4.74 Å². The van der Waals surface area contributed by atoms with Gasteiger partial charge in [0, 0.05) is 5.92 Å². The second kappa shape index (κ2) is 9.46. The minimum atomic E-state index is -1.08. The van der Waals surface area contributed by atoms with Crippen molar-refractivity contribution in [2.45, 2.75) is 79.0 Å². The molecule has 1 N–H and O–H groups in total. The Bertz CT molecular complexity index is 498. The Morgan fingerprint density at radius 2 is 1.88 bits per heavy atom. The third-order valence-electron chi connectivity index (χ3n) is 5.29. The molecular weight excluding hydrogens is 323 g/mol. The van der Waals surface area contributed by atoms with Crippen LogP contribution in [0.5, 0.6) is 0 Å². The Hall–Kier alpha value is -1.23. The number of carbonyl (C=O) groups is 2. The Morgan fingerprint density at radius 3 is 2.52 bits per heavy atom. The third-order valence-corrected chi connectivity index (χ3v) is 5.29. The highest BCUT2D eigenvalue weighted by Gasteiger charge is 2.39. The molecule has 0 saturated carbocycles. The van der Waals surface area contributed by atoms with Gasteiger partial charge in [-0.15, -0.1) is 0 Å². The average molecular weight is 356 g/mol. The number of ketones is 1. The minimum absolute atomic E-state index is 0.0698. The highest BCUT2D eigenvalue weighted by atomic mass is 19.1. The predicted molar refractivity (Wildman–Crippen MR) is 95.8 cm³/mol. The zero-order valence-corrected chi connectivity index (χ0v) is 16.2. The molecule has 0 aromatic heterocycles. The monoisotopic (exact) mass is 356 g/mol. The molecule has 0 radical (unpaired) electrons. The van der Waals surface area contributed by atoms with E-state index in [0.29, 0.717) is 31.3 Å². The van der Waals surface area contributed by atoms with Gasteiger partial charge in [0.15, 0.2) is 0 Å². The minimum Gasteiger partial charge on any atom is -0.465 e. The maximum atomic E-state index is 14.2. The van der Waals surface area contributed by atoms with Crippen LogP contribution in [0.2, 0.25) is 0 Å². The van der Waals surface area contributed by atoms with E-state index in [2.05, 4.69) is 0 Å². The summed E-state index contributed by atoms with van der Waals surface area (Å²) >= 11 is 0. The number of carbonyl (C=O) groups excluding carboxylic acids is 2. The van der Waals surface area contributed by atoms with Gasteiger partial charge in [-0.2, -0.15) is 0 Å². The summed E-state index contributed by atoms with van der Waals surface area (Å²) in [4.78, 5) is 24.6. The van der Waals surface area contributed by atoms with Gasteiger partial charge in [0.05, 0.1) is 24.5 Å². The maximum absolute atomic E-state index is 14.2. The van der Waals surface area contributed by atoms with Crippen LogP contribution in [0.25, 0.3) is 0 Å². The molecule has 1 heterocycles. The van der Waals surface area contributed by atoms with Crippen molar-refractivity contribution in [3.8, 4) is 0 Å². The van der Waals surface area contributed by atoms with Crippen molar-refractivity contribution < 1.29 is 23.8 Å². The van der Waals surface area contributed by atoms with Crippen LogP contribution in [-0.4, -0.2) is 35.7 Å². The highest BCUT2D eigenvalue weighted by molar-refractivity contribution is 5.87. The number of esters is 1. The lowest BCUT2D eigenvalue weighted by Crippen LogP contribution is -2.42. The Labute approximate surface area is 150 Å². The third kappa shape index (κ3) is 6.53. The summed E-state index contributed by atoms with van der Waals surface area (Å²) in [5.41, 5.74) is -0.366. The summed E-state index contributed by atoms with van der Waals surface area (Å²) in [5, 5.41) is 10.4. The number of aliphatic hydroxyl groups excluding tert-OH is 1. The molecule has 0 fully saturated rings. The van der Waals surface area contributed by atoms with Crippen LogP contribution in [-0.2, 0) is 14.3 Å². The van der Waals surface area contributed by atoms with E-state index in [1.807, 2.05) is 13.8 Å². The van der Waals surface area contributed by atoms with Gasteiger partial charge < -0.3 is 9.84 Å². The van der Waals surface area contributed by atoms with Gasteiger partial charge in [-0.25, -0.2) is 4.39 Å². The molecule has 0 aliphatic carbocycles. The van der Waals surface area contributed by atoms with Gasteiger partial charge in [0.1, 0.15) is 12.0 Å². The van der Waals surface area contributed by atoms with Crippen LogP contribution in [0.3, 0.4) is 0 Å². The SMILES string of the molecule is C/C1=C/CCOC(=O)CC(O)C(C)(C)C(=O)C(C)CC(C)CCC1F. The number of Topliss-reactive ketones (excluding diaryl/α,β-unsaturated/α-hetero) is 1. The van der Waals surface area contributed by atoms with Crippen LogP contribution in [0.4, 0.5) is 4.39 Å². The van der Waals surface area contributed by atoms with E-state index in [1.54, 1.807) is 26.8 Å². The molecule has 1 aliphatic heterocycles. The normalized spacial score (nSPS) is 35.6. The van der Waals surface area contributed by atoms with Crippen molar-refractivity contribution in [1.29, 1.82) is 0 Å². The lowest BCUT2D eigenvalue weighted by atomic mass is 9.74. The number of hydrogen-bond donors (Lipinski definition) is 1. The first-order chi connectivity index (χ1) is 11.6. The Kier molecular flexibility index (Phi) is 8.26. The van der Waals surface area contributed by atoms with Crippen molar-refractivity contribution in [2.24, 2.45) is 17.3 Å². The Morgan fingerprint density at radius 1 is 1.24 bits per heavy atom. The lowest BCUT2D eigenvalue weighted by Gasteiger charge is -2.32. The fraction of sp³-hybridized carbons (Fsp3) is 0.800. The summed E-state index contributed by atoms with van der Waals surface area (Å²) in [6.45, 7) is 9.10. The molecule has 0 spiro atoms. The van der Waals surface area contributed by atoms with Crippen LogP contribution in [0.1, 0.15) is 66.7 Å². The van der Waals surface area contributed by atoms with Crippen LogP contribution in [0.15, 0.2) is 11.6 Å². The average Bonchev–Trinajstić information content (AvgIpc) is 2.54. The second-order valence-corrected chi connectivity index (χ2v) is 8.05. The van der Waals surface area contributed by atoms with Gasteiger partial charge in [-0.1, -0.05) is 33.8 Å². The first-order valence-corrected chi connectivity index (χ1v) is 9.24. The number of hydrogen-bond acceptors (Lipinski definition) is 4. The molecule has 0 bridgehead atoms. The van der Waals surface area contributed by atoms with Gasteiger partial charge >= 0.3 is 5.97 Å². The number of halogens is 1. The number of alkyl halides is 1. The first-order valence-electron chi connectivity index (χ1n) is 9.24. The number of allylic oxidation sites excluding steroid dienone is 1. The zero-order chi connectivity index (χ0) is 19.2. The molecule has 1 rings (SSSR count). The quantitative estimate of drug-likeness (QED) is 0.526. The summed E-state index contributed by atoms with van der Waals surface area (Å²) in [7, 11) is 0. The molecule has 5 heteroatoms. The van der Waals surface area contributed by atoms with E-state index >= 15 is 0 Å². The van der Waals surface area contributed by atoms with Crippen molar-refractivity contribution in [3.05, 3.63) is 11.6 Å². The molecule has 0 aromatic carbocycles. The van der Waals surface area contributed by atoms with Crippen molar-refractivity contribution >= 4 is 11.8 Å². The molecule has 0 saturated heterocycles. The van der Waals surface area contributed by atoms with Crippen LogP contribution >= 0.6 is 0 Å². The number of ether oxygens (including phenoxy) is 1. The summed E-state index contributed by atoms with van der Waals surface area (Å²) in [6.07, 6.45) is 1.70. The van der Waals surface area contributed by atoms with Crippen molar-refractivity contribution in [2.75, 3.05) is 6.61 Å². The van der Waals surface area contributed by atoms with E-state index in [9.17, 15) is 19.1 Å². The number of aliphatic hydroxyl groups is 1. The molecular formula is C20H33FO4. The fourth-order valence-electron chi connectivity index (χ4n) is 3.35. The molecule has 1 aliphatic rings. The molecule has 25 heavy (non-hydrogen) atoms. The van der Waals surface area contributed by atoms with Gasteiger partial charge in [0.2, 0.25) is 0 Å². The molecule has 0 amide bonds. The predicted octanol–water partition coefficient (Wildman–Crippen LogP) is 4.01. The van der Waals surface area contributed by atoms with Crippen LogP contribution < -0.4 is 0 Å². The Balaban J connectivity index is 2.93. The van der Waals surface area contributed by atoms with E-state index < -0.39 is 23.7 Å². The smallest absolute Gasteiger partial charge is 0.308 e. The van der Waals surface area contributed by atoms with E-state index in [1.165, 1.54) is 0 Å². The maximum Gasteiger partial charge on any atom is 0.308 e. The lowest BCUT2D eigenvalue weighted by molar-refractivity contribution is -0.150. The highest BCUT2D eigenvalue weighted by Crippen LogP contribution is 2.31. The molecule has 0 aromatic rings. The topological polar surface area (TPSA) is 63.6 Å². The molecule has 4 atom stereocenters. The summed E-state index contributed by atoms with van der Waals surface area (Å²) < 4.78 is 19.3. The second-order valence-electron chi connectivity index (χ2n) is 8.05. The molecule has 144 valence electrons. The van der Waals surface area contributed by atoms with Gasteiger partial charge in [-0.05, 0) is 44.1 Å². The largest absolute Gasteiger partial charge is 0.465 e.